The van der Waals surface area contributed by atoms with Gasteiger partial charge in [-0.15, -0.1) is 0 Å². The number of hydrogen-bond acceptors (Lipinski definition) is 2. The SMILES string of the molecule is CC(CCNC1CCN(C)CC1C)c1ccccc1. The fourth-order valence-corrected chi connectivity index (χ4v) is 3.09. The molecule has 3 unspecified atom stereocenters. The second-order valence-corrected chi connectivity index (χ2v) is 6.19. The predicted octanol–water partition coefficient (Wildman–Crippen LogP) is 3.11. The van der Waals surface area contributed by atoms with E-state index in [1.54, 1.807) is 0 Å². The quantitative estimate of drug-likeness (QED) is 0.875. The number of benzene rings is 1. The summed E-state index contributed by atoms with van der Waals surface area (Å²) in [5.74, 6) is 1.42. The molecule has 1 aliphatic heterocycles. The summed E-state index contributed by atoms with van der Waals surface area (Å²) < 4.78 is 0. The fraction of sp³-hybridized carbons (Fsp3) is 0.647. The molecule has 2 heteroatoms. The van der Waals surface area contributed by atoms with Gasteiger partial charge in [0, 0.05) is 12.6 Å². The number of piperidine rings is 1. The summed E-state index contributed by atoms with van der Waals surface area (Å²) in [6.07, 6.45) is 2.51. The largest absolute Gasteiger partial charge is 0.314 e. The van der Waals surface area contributed by atoms with Crippen molar-refractivity contribution in [2.75, 3.05) is 26.7 Å². The summed E-state index contributed by atoms with van der Waals surface area (Å²) in [4.78, 5) is 2.44. The molecule has 1 N–H and O–H groups in total. The summed E-state index contributed by atoms with van der Waals surface area (Å²) >= 11 is 0. The molecule has 0 spiro atoms. The van der Waals surface area contributed by atoms with Gasteiger partial charge in [-0.3, -0.25) is 0 Å². The molecule has 0 amide bonds. The molecule has 0 aliphatic carbocycles. The third kappa shape index (κ3) is 4.32. The number of nitrogens with zero attached hydrogens (tertiary/aromatic N) is 1. The van der Waals surface area contributed by atoms with Crippen LogP contribution in [0.5, 0.6) is 0 Å². The summed E-state index contributed by atoms with van der Waals surface area (Å²) in [6.45, 7) is 8.29. The fourth-order valence-electron chi connectivity index (χ4n) is 3.09. The van der Waals surface area contributed by atoms with Crippen LogP contribution in [0.3, 0.4) is 0 Å². The Morgan fingerprint density at radius 3 is 2.74 bits per heavy atom. The zero-order valence-electron chi connectivity index (χ0n) is 12.6. The monoisotopic (exact) mass is 260 g/mol. The molecule has 0 radical (unpaired) electrons. The standard InChI is InChI=1S/C17H28N2/c1-14(16-7-5-4-6-8-16)9-11-18-17-10-12-19(3)13-15(17)2/h4-8,14-15,17-18H,9-13H2,1-3H3. The van der Waals surface area contributed by atoms with E-state index in [9.17, 15) is 0 Å². The van der Waals surface area contributed by atoms with E-state index in [4.69, 9.17) is 0 Å². The molecule has 0 bridgehead atoms. The van der Waals surface area contributed by atoms with E-state index in [0.29, 0.717) is 12.0 Å². The predicted molar refractivity (Wildman–Crippen MR) is 82.5 cm³/mol. The van der Waals surface area contributed by atoms with Gasteiger partial charge in [0.1, 0.15) is 0 Å². The Labute approximate surface area is 118 Å². The van der Waals surface area contributed by atoms with Crippen molar-refractivity contribution in [2.45, 2.75) is 38.6 Å². The smallest absolute Gasteiger partial charge is 0.0117 e. The molecule has 1 aromatic rings. The highest BCUT2D eigenvalue weighted by Gasteiger charge is 2.23. The molecule has 3 atom stereocenters. The van der Waals surface area contributed by atoms with Gasteiger partial charge in [0.2, 0.25) is 0 Å². The van der Waals surface area contributed by atoms with E-state index in [1.807, 2.05) is 0 Å². The minimum atomic E-state index is 0.648. The minimum absolute atomic E-state index is 0.648. The Morgan fingerprint density at radius 1 is 1.32 bits per heavy atom. The zero-order chi connectivity index (χ0) is 13.7. The number of nitrogens with one attached hydrogen (secondary N) is 1. The normalized spacial score (nSPS) is 26.3. The van der Waals surface area contributed by atoms with Crippen LogP contribution in [0.1, 0.15) is 38.2 Å². The van der Waals surface area contributed by atoms with Crippen molar-refractivity contribution in [3.63, 3.8) is 0 Å². The first-order valence-corrected chi connectivity index (χ1v) is 7.63. The van der Waals surface area contributed by atoms with Gasteiger partial charge >= 0.3 is 0 Å². The average molecular weight is 260 g/mol. The average Bonchev–Trinajstić information content (AvgIpc) is 2.42. The molecule has 1 aromatic carbocycles. The van der Waals surface area contributed by atoms with Crippen molar-refractivity contribution in [1.82, 2.24) is 10.2 Å². The Bertz CT molecular complexity index is 363. The number of rotatable bonds is 5. The molecule has 19 heavy (non-hydrogen) atoms. The third-order valence-electron chi connectivity index (χ3n) is 4.46. The highest BCUT2D eigenvalue weighted by atomic mass is 15.1. The molecule has 106 valence electrons. The van der Waals surface area contributed by atoms with E-state index in [0.717, 1.165) is 12.5 Å². The summed E-state index contributed by atoms with van der Waals surface area (Å²) in [5, 5.41) is 3.77. The van der Waals surface area contributed by atoms with E-state index in [2.05, 4.69) is 61.4 Å². The van der Waals surface area contributed by atoms with Crippen molar-refractivity contribution >= 4 is 0 Å². The van der Waals surface area contributed by atoms with Gasteiger partial charge in [0.25, 0.3) is 0 Å². The van der Waals surface area contributed by atoms with Gasteiger partial charge in [0.05, 0.1) is 0 Å². The highest BCUT2D eigenvalue weighted by molar-refractivity contribution is 5.18. The van der Waals surface area contributed by atoms with Gasteiger partial charge < -0.3 is 10.2 Å². The second kappa shape index (κ2) is 7.06. The lowest BCUT2D eigenvalue weighted by Crippen LogP contribution is -2.47. The van der Waals surface area contributed by atoms with Crippen LogP contribution >= 0.6 is 0 Å². The first-order valence-electron chi connectivity index (χ1n) is 7.63. The molecule has 1 fully saturated rings. The summed E-state index contributed by atoms with van der Waals surface area (Å²) in [6, 6.07) is 11.6. The van der Waals surface area contributed by atoms with Crippen molar-refractivity contribution in [3.8, 4) is 0 Å². The van der Waals surface area contributed by atoms with Gasteiger partial charge in [-0.2, -0.15) is 0 Å². The molecule has 2 nitrogen and oxygen atoms in total. The molecule has 1 heterocycles. The summed E-state index contributed by atoms with van der Waals surface area (Å²) in [7, 11) is 2.23. The van der Waals surface area contributed by atoms with Crippen molar-refractivity contribution < 1.29 is 0 Å². The van der Waals surface area contributed by atoms with Crippen LogP contribution in [0.4, 0.5) is 0 Å². The number of likely N-dealkylation sites (tertiary alicyclic amines) is 1. The lowest BCUT2D eigenvalue weighted by atomic mass is 9.93. The lowest BCUT2D eigenvalue weighted by molar-refractivity contribution is 0.175. The van der Waals surface area contributed by atoms with E-state index >= 15 is 0 Å². The van der Waals surface area contributed by atoms with Crippen LogP contribution in [0, 0.1) is 5.92 Å². The van der Waals surface area contributed by atoms with Crippen LogP contribution < -0.4 is 5.32 Å². The van der Waals surface area contributed by atoms with Crippen LogP contribution in [0.2, 0.25) is 0 Å². The molecular weight excluding hydrogens is 232 g/mol. The first kappa shape index (κ1) is 14.5. The van der Waals surface area contributed by atoms with Crippen molar-refractivity contribution in [2.24, 2.45) is 5.92 Å². The summed E-state index contributed by atoms with van der Waals surface area (Å²) in [5.41, 5.74) is 1.46. The first-order chi connectivity index (χ1) is 9.16. The van der Waals surface area contributed by atoms with Gasteiger partial charge in [0.15, 0.2) is 0 Å². The van der Waals surface area contributed by atoms with E-state index < -0.39 is 0 Å². The maximum Gasteiger partial charge on any atom is 0.0117 e. The van der Waals surface area contributed by atoms with Gasteiger partial charge in [-0.1, -0.05) is 44.2 Å². The second-order valence-electron chi connectivity index (χ2n) is 6.19. The Morgan fingerprint density at radius 2 is 2.05 bits per heavy atom. The molecule has 0 saturated carbocycles. The zero-order valence-corrected chi connectivity index (χ0v) is 12.6. The van der Waals surface area contributed by atoms with Crippen LogP contribution in [0.15, 0.2) is 30.3 Å². The maximum absolute atomic E-state index is 3.77. The van der Waals surface area contributed by atoms with Crippen LogP contribution in [-0.2, 0) is 0 Å². The highest BCUT2D eigenvalue weighted by Crippen LogP contribution is 2.19. The molecule has 1 saturated heterocycles. The molecule has 0 aromatic heterocycles. The number of hydrogen-bond donors (Lipinski definition) is 1. The molecular formula is C17H28N2. The van der Waals surface area contributed by atoms with Crippen LogP contribution in [-0.4, -0.2) is 37.6 Å². The van der Waals surface area contributed by atoms with Gasteiger partial charge in [-0.25, -0.2) is 0 Å². The third-order valence-corrected chi connectivity index (χ3v) is 4.46. The van der Waals surface area contributed by atoms with Crippen molar-refractivity contribution in [3.05, 3.63) is 35.9 Å². The van der Waals surface area contributed by atoms with E-state index in [-0.39, 0.29) is 0 Å². The van der Waals surface area contributed by atoms with Crippen molar-refractivity contribution in [1.29, 1.82) is 0 Å². The lowest BCUT2D eigenvalue weighted by Gasteiger charge is -2.35. The Kier molecular flexibility index (Phi) is 5.41. The topological polar surface area (TPSA) is 15.3 Å². The van der Waals surface area contributed by atoms with E-state index in [1.165, 1.54) is 31.5 Å². The molecule has 1 aliphatic rings. The minimum Gasteiger partial charge on any atom is -0.314 e. The Hall–Kier alpha value is -0.860. The maximum atomic E-state index is 3.77. The molecule has 2 rings (SSSR count). The Balaban J connectivity index is 1.72. The van der Waals surface area contributed by atoms with Crippen LogP contribution in [0.25, 0.3) is 0 Å². The van der Waals surface area contributed by atoms with Gasteiger partial charge in [-0.05, 0) is 50.4 Å².